The zero-order valence-corrected chi connectivity index (χ0v) is 15.7. The van der Waals surface area contributed by atoms with Gasteiger partial charge in [0.05, 0.1) is 11.4 Å². The molecule has 2 heterocycles. The van der Waals surface area contributed by atoms with Gasteiger partial charge in [0.1, 0.15) is 5.69 Å². The number of thiophene rings is 1. The number of nitrogens with zero attached hydrogens (tertiary/aromatic N) is 2. The number of hydrogen-bond donors (Lipinski definition) is 2. The van der Waals surface area contributed by atoms with E-state index >= 15 is 0 Å². The van der Waals surface area contributed by atoms with Gasteiger partial charge >= 0.3 is 6.03 Å². The molecular formula is C17H14Cl2N4O2S. The van der Waals surface area contributed by atoms with E-state index in [-0.39, 0.29) is 18.6 Å². The van der Waals surface area contributed by atoms with Crippen molar-refractivity contribution in [3.05, 3.63) is 68.2 Å². The van der Waals surface area contributed by atoms with Crippen LogP contribution in [0.15, 0.2) is 52.6 Å². The van der Waals surface area contributed by atoms with Crippen LogP contribution in [0.5, 0.6) is 0 Å². The van der Waals surface area contributed by atoms with Gasteiger partial charge in [-0.15, -0.1) is 11.3 Å². The van der Waals surface area contributed by atoms with Crippen LogP contribution < -0.4 is 16.2 Å². The van der Waals surface area contributed by atoms with E-state index in [1.807, 2.05) is 17.5 Å². The summed E-state index contributed by atoms with van der Waals surface area (Å²) in [5.74, 6) is 0. The quantitative estimate of drug-likeness (QED) is 0.666. The van der Waals surface area contributed by atoms with E-state index < -0.39 is 6.03 Å². The van der Waals surface area contributed by atoms with Crippen LogP contribution >= 0.6 is 34.5 Å². The van der Waals surface area contributed by atoms with Crippen molar-refractivity contribution < 1.29 is 4.79 Å². The molecule has 2 N–H and O–H groups in total. The third kappa shape index (κ3) is 4.85. The Kier molecular flexibility index (Phi) is 5.92. The molecule has 0 unspecified atom stereocenters. The fraction of sp³-hybridized carbons (Fsp3) is 0.118. The van der Waals surface area contributed by atoms with Crippen molar-refractivity contribution in [1.82, 2.24) is 15.1 Å². The van der Waals surface area contributed by atoms with Gasteiger partial charge in [0.2, 0.25) is 0 Å². The summed E-state index contributed by atoms with van der Waals surface area (Å²) >= 11 is 13.3. The predicted molar refractivity (Wildman–Crippen MR) is 105 cm³/mol. The summed E-state index contributed by atoms with van der Waals surface area (Å²) in [6.07, 6.45) is 0. The molecule has 0 saturated heterocycles. The zero-order valence-electron chi connectivity index (χ0n) is 13.4. The predicted octanol–water partition coefficient (Wildman–Crippen LogP) is 4.10. The molecule has 2 aromatic heterocycles. The molecule has 0 bridgehead atoms. The van der Waals surface area contributed by atoms with Crippen molar-refractivity contribution in [1.29, 1.82) is 0 Å². The van der Waals surface area contributed by atoms with E-state index in [9.17, 15) is 9.59 Å². The second-order valence-electron chi connectivity index (χ2n) is 5.30. The summed E-state index contributed by atoms with van der Waals surface area (Å²) in [5.41, 5.74) is 0.974. The normalized spacial score (nSPS) is 10.5. The van der Waals surface area contributed by atoms with Crippen molar-refractivity contribution in [3.63, 3.8) is 0 Å². The van der Waals surface area contributed by atoms with E-state index in [4.69, 9.17) is 23.2 Å². The number of aromatic nitrogens is 2. The summed E-state index contributed by atoms with van der Waals surface area (Å²) < 4.78 is 1.32. The van der Waals surface area contributed by atoms with Crippen LogP contribution in [-0.2, 0) is 6.54 Å². The minimum Gasteiger partial charge on any atom is -0.336 e. The first-order valence-corrected chi connectivity index (χ1v) is 9.28. The maximum atomic E-state index is 11.9. The molecule has 2 amide bonds. The molecule has 3 aromatic rings. The van der Waals surface area contributed by atoms with Gasteiger partial charge in [0.25, 0.3) is 5.56 Å². The van der Waals surface area contributed by atoms with E-state index in [0.29, 0.717) is 15.7 Å². The second-order valence-corrected chi connectivity index (χ2v) is 7.12. The lowest BCUT2D eigenvalue weighted by Crippen LogP contribution is -2.34. The first-order chi connectivity index (χ1) is 12.5. The number of hydrogen-bond acceptors (Lipinski definition) is 4. The van der Waals surface area contributed by atoms with Crippen molar-refractivity contribution in [2.24, 2.45) is 0 Å². The molecule has 1 aromatic carbocycles. The average molecular weight is 409 g/mol. The Morgan fingerprint density at radius 3 is 2.62 bits per heavy atom. The second kappa shape index (κ2) is 8.35. The molecule has 3 rings (SSSR count). The molecule has 0 saturated carbocycles. The standard InChI is InChI=1S/C17H14Cl2N4O2S/c18-11-8-12(19)10-13(9-11)21-17(25)20-5-6-23-16(24)4-3-14(22-23)15-2-1-7-26-15/h1-4,7-10H,5-6H2,(H2,20,21,25). The fourth-order valence-corrected chi connectivity index (χ4v) is 3.46. The SMILES string of the molecule is O=C(NCCn1nc(-c2cccs2)ccc1=O)Nc1cc(Cl)cc(Cl)c1. The van der Waals surface area contributed by atoms with Crippen molar-refractivity contribution in [2.75, 3.05) is 11.9 Å². The molecule has 0 atom stereocenters. The maximum Gasteiger partial charge on any atom is 0.319 e. The third-order valence-electron chi connectivity index (χ3n) is 3.37. The van der Waals surface area contributed by atoms with E-state index in [2.05, 4.69) is 15.7 Å². The lowest BCUT2D eigenvalue weighted by atomic mass is 10.3. The average Bonchev–Trinajstić information content (AvgIpc) is 3.10. The lowest BCUT2D eigenvalue weighted by Gasteiger charge is -2.09. The summed E-state index contributed by atoms with van der Waals surface area (Å²) in [6, 6.07) is 11.3. The Bertz CT molecular complexity index is 953. The summed E-state index contributed by atoms with van der Waals surface area (Å²) in [6.45, 7) is 0.489. The fourth-order valence-electron chi connectivity index (χ4n) is 2.24. The van der Waals surface area contributed by atoms with E-state index in [1.54, 1.807) is 35.6 Å². The van der Waals surface area contributed by atoms with Crippen LogP contribution in [0.2, 0.25) is 10.0 Å². The largest absolute Gasteiger partial charge is 0.336 e. The van der Waals surface area contributed by atoms with Gasteiger partial charge in [-0.1, -0.05) is 29.3 Å². The smallest absolute Gasteiger partial charge is 0.319 e. The number of urea groups is 1. The number of rotatable bonds is 5. The first-order valence-electron chi connectivity index (χ1n) is 7.64. The van der Waals surface area contributed by atoms with Crippen LogP contribution in [0.25, 0.3) is 10.6 Å². The Balaban J connectivity index is 1.58. The van der Waals surface area contributed by atoms with Crippen molar-refractivity contribution >= 4 is 46.3 Å². The van der Waals surface area contributed by atoms with Crippen LogP contribution in [0, 0.1) is 0 Å². The Hall–Kier alpha value is -2.35. The highest BCUT2D eigenvalue weighted by Crippen LogP contribution is 2.22. The number of carbonyl (C=O) groups is 1. The molecule has 0 aliphatic rings. The maximum absolute atomic E-state index is 11.9. The number of nitrogens with one attached hydrogen (secondary N) is 2. The van der Waals surface area contributed by atoms with Crippen LogP contribution in [0.3, 0.4) is 0 Å². The van der Waals surface area contributed by atoms with E-state index in [1.165, 1.54) is 10.7 Å². The van der Waals surface area contributed by atoms with Crippen LogP contribution in [-0.4, -0.2) is 22.4 Å². The van der Waals surface area contributed by atoms with Crippen molar-refractivity contribution in [3.8, 4) is 10.6 Å². The molecular weight excluding hydrogens is 395 g/mol. The molecule has 26 heavy (non-hydrogen) atoms. The highest BCUT2D eigenvalue weighted by Gasteiger charge is 2.06. The molecule has 134 valence electrons. The molecule has 9 heteroatoms. The number of carbonyl (C=O) groups excluding carboxylic acids is 1. The number of anilines is 1. The molecule has 0 radical (unpaired) electrons. The number of halogens is 2. The summed E-state index contributed by atoms with van der Waals surface area (Å²) in [7, 11) is 0. The minimum atomic E-state index is -0.425. The Morgan fingerprint density at radius 2 is 1.92 bits per heavy atom. The third-order valence-corrected chi connectivity index (χ3v) is 4.70. The van der Waals surface area contributed by atoms with Crippen LogP contribution in [0.1, 0.15) is 0 Å². The Labute approximate surface area is 163 Å². The molecule has 0 aliphatic heterocycles. The molecule has 6 nitrogen and oxygen atoms in total. The van der Waals surface area contributed by atoms with Gasteiger partial charge in [-0.25, -0.2) is 9.48 Å². The highest BCUT2D eigenvalue weighted by molar-refractivity contribution is 7.13. The lowest BCUT2D eigenvalue weighted by molar-refractivity contribution is 0.251. The van der Waals surface area contributed by atoms with Crippen molar-refractivity contribution in [2.45, 2.75) is 6.54 Å². The minimum absolute atomic E-state index is 0.228. The molecule has 0 fully saturated rings. The Morgan fingerprint density at radius 1 is 1.15 bits per heavy atom. The summed E-state index contributed by atoms with van der Waals surface area (Å²) in [5, 5.41) is 12.4. The molecule has 0 aliphatic carbocycles. The van der Waals surface area contributed by atoms with Gasteiger partial charge in [-0.2, -0.15) is 5.10 Å². The number of amides is 2. The zero-order chi connectivity index (χ0) is 18.5. The van der Waals surface area contributed by atoms with Gasteiger partial charge in [-0.3, -0.25) is 4.79 Å². The van der Waals surface area contributed by atoms with Gasteiger partial charge < -0.3 is 10.6 Å². The first kappa shape index (κ1) is 18.4. The van der Waals surface area contributed by atoms with Crippen LogP contribution in [0.4, 0.5) is 10.5 Å². The number of benzene rings is 1. The molecule has 0 spiro atoms. The van der Waals surface area contributed by atoms with Gasteiger partial charge in [0, 0.05) is 28.3 Å². The highest BCUT2D eigenvalue weighted by atomic mass is 35.5. The monoisotopic (exact) mass is 408 g/mol. The topological polar surface area (TPSA) is 76.0 Å². The van der Waals surface area contributed by atoms with Gasteiger partial charge in [-0.05, 0) is 35.7 Å². The van der Waals surface area contributed by atoms with Gasteiger partial charge in [0.15, 0.2) is 0 Å². The van der Waals surface area contributed by atoms with E-state index in [0.717, 1.165) is 10.6 Å². The summed E-state index contributed by atoms with van der Waals surface area (Å²) in [4.78, 5) is 24.9.